The molecular weight excluding hydrogens is 288 g/mol. The van der Waals surface area contributed by atoms with E-state index in [2.05, 4.69) is 15.1 Å². The van der Waals surface area contributed by atoms with E-state index < -0.39 is 0 Å². The fourth-order valence-electron chi connectivity index (χ4n) is 2.65. The van der Waals surface area contributed by atoms with Crippen LogP contribution in [0.15, 0.2) is 9.90 Å². The first-order valence-corrected chi connectivity index (χ1v) is 7.99. The molecule has 0 aromatic carbocycles. The highest BCUT2D eigenvalue weighted by atomic mass is 32.1. The lowest BCUT2D eigenvalue weighted by atomic mass is 9.97. The smallest absolute Gasteiger partial charge is 0.228 e. The van der Waals surface area contributed by atoms with Crippen molar-refractivity contribution in [3.8, 4) is 0 Å². The minimum atomic E-state index is 0.130. The van der Waals surface area contributed by atoms with Gasteiger partial charge in [0.05, 0.1) is 17.1 Å². The predicted octanol–water partition coefficient (Wildman–Crippen LogP) is 2.09. The molecule has 1 amide bonds. The van der Waals surface area contributed by atoms with E-state index in [-0.39, 0.29) is 11.8 Å². The highest BCUT2D eigenvalue weighted by Gasteiger charge is 2.27. The maximum Gasteiger partial charge on any atom is 0.228 e. The number of aromatic nitrogens is 3. The second-order valence-electron chi connectivity index (χ2n) is 5.39. The highest BCUT2D eigenvalue weighted by molar-refractivity contribution is 7.09. The van der Waals surface area contributed by atoms with Crippen LogP contribution >= 0.6 is 11.3 Å². The number of rotatable bonds is 3. The molecule has 0 N–H and O–H groups in total. The van der Waals surface area contributed by atoms with Gasteiger partial charge in [-0.1, -0.05) is 5.16 Å². The number of thiazole rings is 1. The molecule has 0 aliphatic carbocycles. The number of nitrogens with zero attached hydrogens (tertiary/aromatic N) is 4. The normalized spacial score (nSPS) is 19.0. The van der Waals surface area contributed by atoms with Crippen LogP contribution in [-0.2, 0) is 11.2 Å². The van der Waals surface area contributed by atoms with Gasteiger partial charge in [0.2, 0.25) is 11.8 Å². The first kappa shape index (κ1) is 14.2. The monoisotopic (exact) mass is 306 g/mol. The third kappa shape index (κ3) is 3.29. The van der Waals surface area contributed by atoms with Gasteiger partial charge in [-0.25, -0.2) is 4.98 Å². The summed E-state index contributed by atoms with van der Waals surface area (Å²) in [7, 11) is 0. The molecule has 0 radical (unpaired) electrons. The van der Waals surface area contributed by atoms with Gasteiger partial charge in [-0.15, -0.1) is 11.3 Å². The first-order valence-electron chi connectivity index (χ1n) is 7.11. The van der Waals surface area contributed by atoms with Crippen LogP contribution in [0.4, 0.5) is 0 Å². The van der Waals surface area contributed by atoms with E-state index in [1.54, 1.807) is 18.3 Å². The number of carbonyl (C=O) groups is 1. The summed E-state index contributed by atoms with van der Waals surface area (Å²) in [5, 5.41) is 6.94. The van der Waals surface area contributed by atoms with Gasteiger partial charge in [0.25, 0.3) is 0 Å². The summed E-state index contributed by atoms with van der Waals surface area (Å²) in [5.74, 6) is 1.60. The molecule has 1 aliphatic rings. The predicted molar refractivity (Wildman–Crippen MR) is 78.1 cm³/mol. The molecule has 1 fully saturated rings. The van der Waals surface area contributed by atoms with Crippen molar-refractivity contribution < 1.29 is 9.32 Å². The average molecular weight is 306 g/mol. The summed E-state index contributed by atoms with van der Waals surface area (Å²) in [5.41, 5.74) is 0.861. The Kier molecular flexibility index (Phi) is 4.01. The zero-order chi connectivity index (χ0) is 14.8. The molecule has 1 atom stereocenters. The molecule has 3 rings (SSSR count). The summed E-state index contributed by atoms with van der Waals surface area (Å²) >= 11 is 1.58. The molecule has 2 aromatic rings. The Morgan fingerprint density at radius 1 is 1.48 bits per heavy atom. The van der Waals surface area contributed by atoms with Gasteiger partial charge in [0.1, 0.15) is 0 Å². The number of likely N-dealkylation sites (tertiary alicyclic amines) is 1. The van der Waals surface area contributed by atoms with Crippen LogP contribution in [0, 0.1) is 13.8 Å². The van der Waals surface area contributed by atoms with Crippen LogP contribution in [0.5, 0.6) is 0 Å². The van der Waals surface area contributed by atoms with Gasteiger partial charge in [-0.3, -0.25) is 4.79 Å². The van der Waals surface area contributed by atoms with Crippen molar-refractivity contribution in [2.75, 3.05) is 13.1 Å². The number of amides is 1. The Morgan fingerprint density at radius 2 is 2.33 bits per heavy atom. The van der Waals surface area contributed by atoms with E-state index in [0.717, 1.165) is 35.9 Å². The summed E-state index contributed by atoms with van der Waals surface area (Å²) in [6.07, 6.45) is 2.35. The van der Waals surface area contributed by atoms with Crippen molar-refractivity contribution in [1.82, 2.24) is 20.0 Å². The zero-order valence-electron chi connectivity index (χ0n) is 12.2. The van der Waals surface area contributed by atoms with E-state index in [0.29, 0.717) is 18.9 Å². The number of hydrogen-bond acceptors (Lipinski definition) is 6. The molecular formula is C14H18N4O2S. The summed E-state index contributed by atoms with van der Waals surface area (Å²) in [4.78, 5) is 22.9. The molecule has 7 heteroatoms. The van der Waals surface area contributed by atoms with Crippen molar-refractivity contribution in [3.63, 3.8) is 0 Å². The largest absolute Gasteiger partial charge is 0.342 e. The minimum Gasteiger partial charge on any atom is -0.342 e. The van der Waals surface area contributed by atoms with Crippen molar-refractivity contribution in [3.05, 3.63) is 27.8 Å². The van der Waals surface area contributed by atoms with E-state index in [1.807, 2.05) is 17.2 Å². The van der Waals surface area contributed by atoms with Gasteiger partial charge in [-0.05, 0) is 19.8 Å². The van der Waals surface area contributed by atoms with Gasteiger partial charge >= 0.3 is 0 Å². The number of hydrogen-bond donors (Lipinski definition) is 0. The Bertz CT molecular complexity index is 636. The standard InChI is InChI=1S/C14H18N4O2S/c1-9-15-14(17-20-9)11-4-3-5-18(7-11)13(19)6-12-8-21-10(2)16-12/h8,11H,3-7H2,1-2H3/t11-/m1/s1. The minimum absolute atomic E-state index is 0.130. The Labute approximate surface area is 127 Å². The maximum absolute atomic E-state index is 12.4. The number of aryl methyl sites for hydroxylation is 2. The van der Waals surface area contributed by atoms with Gasteiger partial charge in [0.15, 0.2) is 5.82 Å². The summed E-state index contributed by atoms with van der Waals surface area (Å²) in [6, 6.07) is 0. The Balaban J connectivity index is 1.64. The average Bonchev–Trinajstić information content (AvgIpc) is 3.08. The molecule has 0 bridgehead atoms. The molecule has 2 aromatic heterocycles. The molecule has 0 spiro atoms. The number of carbonyl (C=O) groups excluding carboxylic acids is 1. The molecule has 0 saturated carbocycles. The fourth-order valence-corrected chi connectivity index (χ4v) is 3.26. The molecule has 0 unspecified atom stereocenters. The van der Waals surface area contributed by atoms with Crippen LogP contribution in [0.3, 0.4) is 0 Å². The third-order valence-corrected chi connectivity index (χ3v) is 4.50. The topological polar surface area (TPSA) is 72.1 Å². The quantitative estimate of drug-likeness (QED) is 0.868. The lowest BCUT2D eigenvalue weighted by Crippen LogP contribution is -2.40. The second-order valence-corrected chi connectivity index (χ2v) is 6.45. The van der Waals surface area contributed by atoms with Crippen LogP contribution in [0.1, 0.15) is 41.2 Å². The fraction of sp³-hybridized carbons (Fsp3) is 0.571. The van der Waals surface area contributed by atoms with E-state index >= 15 is 0 Å². The van der Waals surface area contributed by atoms with Crippen molar-refractivity contribution in [1.29, 1.82) is 0 Å². The highest BCUT2D eigenvalue weighted by Crippen LogP contribution is 2.25. The second kappa shape index (κ2) is 5.93. The molecule has 1 aliphatic heterocycles. The Morgan fingerprint density at radius 3 is 3.00 bits per heavy atom. The van der Waals surface area contributed by atoms with Crippen molar-refractivity contribution >= 4 is 17.2 Å². The molecule has 6 nitrogen and oxygen atoms in total. The lowest BCUT2D eigenvalue weighted by Gasteiger charge is -2.31. The van der Waals surface area contributed by atoms with Crippen molar-refractivity contribution in [2.45, 2.75) is 39.0 Å². The van der Waals surface area contributed by atoms with Crippen LogP contribution in [-0.4, -0.2) is 39.0 Å². The van der Waals surface area contributed by atoms with E-state index in [4.69, 9.17) is 4.52 Å². The molecule has 3 heterocycles. The molecule has 112 valence electrons. The van der Waals surface area contributed by atoms with E-state index in [1.165, 1.54) is 0 Å². The maximum atomic E-state index is 12.4. The SMILES string of the molecule is Cc1nc([C@@H]2CCCN(C(=O)Cc3csc(C)n3)C2)no1. The van der Waals surface area contributed by atoms with Gasteiger partial charge < -0.3 is 9.42 Å². The lowest BCUT2D eigenvalue weighted by molar-refractivity contribution is -0.131. The van der Waals surface area contributed by atoms with Crippen LogP contribution in [0.25, 0.3) is 0 Å². The third-order valence-electron chi connectivity index (χ3n) is 3.68. The first-order chi connectivity index (χ1) is 10.1. The van der Waals surface area contributed by atoms with E-state index in [9.17, 15) is 4.79 Å². The molecule has 1 saturated heterocycles. The van der Waals surface area contributed by atoms with Gasteiger partial charge in [0, 0.05) is 31.3 Å². The van der Waals surface area contributed by atoms with Crippen LogP contribution < -0.4 is 0 Å². The van der Waals surface area contributed by atoms with Gasteiger partial charge in [-0.2, -0.15) is 4.98 Å². The Hall–Kier alpha value is -1.76. The summed E-state index contributed by atoms with van der Waals surface area (Å²) in [6.45, 7) is 5.21. The number of piperidine rings is 1. The van der Waals surface area contributed by atoms with Crippen LogP contribution in [0.2, 0.25) is 0 Å². The van der Waals surface area contributed by atoms with Crippen molar-refractivity contribution in [2.24, 2.45) is 0 Å². The zero-order valence-corrected chi connectivity index (χ0v) is 13.0. The molecule has 21 heavy (non-hydrogen) atoms. The summed E-state index contributed by atoms with van der Waals surface area (Å²) < 4.78 is 5.04.